The van der Waals surface area contributed by atoms with Gasteiger partial charge in [0.15, 0.2) is 5.00 Å². The molecule has 0 aliphatic rings. The third kappa shape index (κ3) is 3.15. The van der Waals surface area contributed by atoms with Crippen molar-refractivity contribution in [2.45, 2.75) is 19.6 Å². The van der Waals surface area contributed by atoms with Crippen LogP contribution >= 0.6 is 11.3 Å². The van der Waals surface area contributed by atoms with Crippen LogP contribution in [-0.2, 0) is 6.54 Å². The first-order chi connectivity index (χ1) is 9.49. The molecule has 0 bridgehead atoms. The van der Waals surface area contributed by atoms with Crippen LogP contribution in [0.2, 0.25) is 0 Å². The van der Waals surface area contributed by atoms with E-state index in [-0.39, 0.29) is 5.69 Å². The van der Waals surface area contributed by atoms with Crippen LogP contribution in [0.4, 0.5) is 10.7 Å². The van der Waals surface area contributed by atoms with E-state index in [1.165, 1.54) is 17.4 Å². The van der Waals surface area contributed by atoms with Crippen LogP contribution in [-0.4, -0.2) is 17.1 Å². The largest absolute Gasteiger partial charge is 0.388 e. The van der Waals surface area contributed by atoms with E-state index in [1.807, 2.05) is 42.3 Å². The second kappa shape index (κ2) is 6.02. The fourth-order valence-corrected chi connectivity index (χ4v) is 2.95. The Hall–Kier alpha value is -1.92. The molecule has 0 fully saturated rings. The molecule has 5 nitrogen and oxygen atoms in total. The van der Waals surface area contributed by atoms with Gasteiger partial charge in [-0.25, -0.2) is 0 Å². The Kier molecular flexibility index (Phi) is 4.36. The molecule has 2 aromatic rings. The Morgan fingerprint density at radius 2 is 2.05 bits per heavy atom. The van der Waals surface area contributed by atoms with Gasteiger partial charge in [0.25, 0.3) is 0 Å². The van der Waals surface area contributed by atoms with E-state index in [0.717, 1.165) is 5.56 Å². The van der Waals surface area contributed by atoms with E-state index in [9.17, 15) is 15.2 Å². The van der Waals surface area contributed by atoms with Gasteiger partial charge >= 0.3 is 5.69 Å². The van der Waals surface area contributed by atoms with Crippen molar-refractivity contribution in [3.05, 3.63) is 57.0 Å². The second-order valence-electron chi connectivity index (χ2n) is 4.61. The van der Waals surface area contributed by atoms with Crippen molar-refractivity contribution < 1.29 is 10.0 Å². The minimum atomic E-state index is -0.697. The number of thiophene rings is 1. The van der Waals surface area contributed by atoms with Crippen molar-refractivity contribution in [3.8, 4) is 0 Å². The lowest BCUT2D eigenvalue weighted by molar-refractivity contribution is -0.383. The summed E-state index contributed by atoms with van der Waals surface area (Å²) in [5.41, 5.74) is 1.13. The number of aliphatic hydroxyl groups is 1. The molecule has 6 heteroatoms. The summed E-state index contributed by atoms with van der Waals surface area (Å²) in [4.78, 5) is 13.2. The predicted molar refractivity (Wildman–Crippen MR) is 80.2 cm³/mol. The summed E-state index contributed by atoms with van der Waals surface area (Å²) in [6, 6.07) is 11.2. The van der Waals surface area contributed by atoms with Gasteiger partial charge in [-0.2, -0.15) is 0 Å². The standard InChI is InChI=1S/C14H16N2O3S/c1-10(17)13-8-12(16(18)19)14(20-13)15(2)9-11-6-4-3-5-7-11/h3-8,10,17H,9H2,1-2H3/t10-/m1/s1. The Balaban J connectivity index is 2.28. The first-order valence-corrected chi connectivity index (χ1v) is 7.02. The minimum Gasteiger partial charge on any atom is -0.388 e. The molecule has 1 heterocycles. The van der Waals surface area contributed by atoms with Crippen LogP contribution in [0.3, 0.4) is 0 Å². The molecule has 0 amide bonds. The summed E-state index contributed by atoms with van der Waals surface area (Å²) >= 11 is 1.26. The van der Waals surface area contributed by atoms with E-state index in [1.54, 1.807) is 6.92 Å². The normalized spacial score (nSPS) is 12.2. The maximum absolute atomic E-state index is 11.1. The van der Waals surface area contributed by atoms with Crippen LogP contribution in [0, 0.1) is 10.1 Å². The quantitative estimate of drug-likeness (QED) is 0.678. The van der Waals surface area contributed by atoms with Crippen molar-refractivity contribution >= 4 is 22.0 Å². The molecule has 0 unspecified atom stereocenters. The number of anilines is 1. The zero-order valence-corrected chi connectivity index (χ0v) is 12.1. The minimum absolute atomic E-state index is 0.0457. The molecule has 20 heavy (non-hydrogen) atoms. The van der Waals surface area contributed by atoms with Gasteiger partial charge < -0.3 is 10.0 Å². The first-order valence-electron chi connectivity index (χ1n) is 6.20. The summed E-state index contributed by atoms with van der Waals surface area (Å²) in [6.45, 7) is 2.19. The molecular formula is C14H16N2O3S. The Morgan fingerprint density at radius 1 is 1.40 bits per heavy atom. The first kappa shape index (κ1) is 14.5. The Labute approximate surface area is 121 Å². The highest BCUT2D eigenvalue weighted by molar-refractivity contribution is 7.16. The fourth-order valence-electron chi connectivity index (χ4n) is 1.93. The molecule has 0 saturated carbocycles. The molecule has 1 aromatic heterocycles. The molecule has 1 atom stereocenters. The summed E-state index contributed by atoms with van der Waals surface area (Å²) in [7, 11) is 1.82. The SMILES string of the molecule is C[C@@H](O)c1cc([N+](=O)[O-])c(N(C)Cc2ccccc2)s1. The fraction of sp³-hybridized carbons (Fsp3) is 0.286. The van der Waals surface area contributed by atoms with Gasteiger partial charge in [-0.15, -0.1) is 11.3 Å². The maximum atomic E-state index is 11.1. The number of hydrogen-bond donors (Lipinski definition) is 1. The highest BCUT2D eigenvalue weighted by atomic mass is 32.1. The van der Waals surface area contributed by atoms with Crippen LogP contribution in [0.15, 0.2) is 36.4 Å². The van der Waals surface area contributed by atoms with Gasteiger partial charge in [0.2, 0.25) is 0 Å². The molecule has 0 aliphatic heterocycles. The molecule has 106 valence electrons. The van der Waals surface area contributed by atoms with Crippen molar-refractivity contribution in [1.29, 1.82) is 0 Å². The van der Waals surface area contributed by atoms with E-state index in [4.69, 9.17) is 0 Å². The lowest BCUT2D eigenvalue weighted by Crippen LogP contribution is -2.16. The van der Waals surface area contributed by atoms with Gasteiger partial charge in [-0.05, 0) is 12.5 Å². The van der Waals surface area contributed by atoms with Crippen LogP contribution in [0.1, 0.15) is 23.5 Å². The van der Waals surface area contributed by atoms with E-state index >= 15 is 0 Å². The van der Waals surface area contributed by atoms with Gasteiger partial charge in [0, 0.05) is 24.5 Å². The van der Waals surface area contributed by atoms with Crippen LogP contribution in [0.5, 0.6) is 0 Å². The summed E-state index contributed by atoms with van der Waals surface area (Å²) < 4.78 is 0. The zero-order valence-electron chi connectivity index (χ0n) is 11.3. The summed E-state index contributed by atoms with van der Waals surface area (Å²) in [5.74, 6) is 0. The van der Waals surface area contributed by atoms with E-state index in [2.05, 4.69) is 0 Å². The molecule has 0 aliphatic carbocycles. The molecule has 0 saturated heterocycles. The number of benzene rings is 1. The number of hydrogen-bond acceptors (Lipinski definition) is 5. The number of aliphatic hydroxyl groups excluding tert-OH is 1. The number of rotatable bonds is 5. The van der Waals surface area contributed by atoms with Gasteiger partial charge in [-0.3, -0.25) is 10.1 Å². The molecule has 0 spiro atoms. The molecular weight excluding hydrogens is 276 g/mol. The topological polar surface area (TPSA) is 66.6 Å². The maximum Gasteiger partial charge on any atom is 0.304 e. The number of nitro groups is 1. The molecule has 1 N–H and O–H groups in total. The number of nitrogens with zero attached hydrogens (tertiary/aromatic N) is 2. The molecule has 2 rings (SSSR count). The highest BCUT2D eigenvalue weighted by Crippen LogP contribution is 2.40. The third-order valence-electron chi connectivity index (χ3n) is 2.93. The predicted octanol–water partition coefficient (Wildman–Crippen LogP) is 3.35. The lowest BCUT2D eigenvalue weighted by Gasteiger charge is -2.16. The van der Waals surface area contributed by atoms with Crippen molar-refractivity contribution in [2.75, 3.05) is 11.9 Å². The second-order valence-corrected chi connectivity index (χ2v) is 5.68. The van der Waals surface area contributed by atoms with Gasteiger partial charge in [0.1, 0.15) is 0 Å². The lowest BCUT2D eigenvalue weighted by atomic mass is 10.2. The monoisotopic (exact) mass is 292 g/mol. The Morgan fingerprint density at radius 3 is 2.60 bits per heavy atom. The van der Waals surface area contributed by atoms with Crippen LogP contribution in [0.25, 0.3) is 0 Å². The summed E-state index contributed by atoms with van der Waals surface area (Å²) in [5, 5.41) is 21.3. The third-order valence-corrected chi connectivity index (χ3v) is 4.34. The zero-order chi connectivity index (χ0) is 14.7. The average Bonchev–Trinajstić information content (AvgIpc) is 2.85. The summed E-state index contributed by atoms with van der Waals surface area (Å²) in [6.07, 6.45) is -0.697. The average molecular weight is 292 g/mol. The van der Waals surface area contributed by atoms with Crippen molar-refractivity contribution in [1.82, 2.24) is 0 Å². The smallest absolute Gasteiger partial charge is 0.304 e. The van der Waals surface area contributed by atoms with Gasteiger partial charge in [0.05, 0.1) is 11.0 Å². The van der Waals surface area contributed by atoms with E-state index in [0.29, 0.717) is 16.4 Å². The molecule has 0 radical (unpaired) electrons. The van der Waals surface area contributed by atoms with Gasteiger partial charge in [-0.1, -0.05) is 30.3 Å². The molecule has 1 aromatic carbocycles. The van der Waals surface area contributed by atoms with E-state index < -0.39 is 11.0 Å². The van der Waals surface area contributed by atoms with Crippen molar-refractivity contribution in [3.63, 3.8) is 0 Å². The van der Waals surface area contributed by atoms with Crippen molar-refractivity contribution in [2.24, 2.45) is 0 Å². The Bertz CT molecular complexity index is 596. The highest BCUT2D eigenvalue weighted by Gasteiger charge is 2.23. The van der Waals surface area contributed by atoms with Crippen LogP contribution < -0.4 is 4.90 Å².